The second-order valence-corrected chi connectivity index (χ2v) is 6.70. The van der Waals surface area contributed by atoms with Gasteiger partial charge in [-0.15, -0.1) is 0 Å². The lowest BCUT2D eigenvalue weighted by Crippen LogP contribution is -2.48. The van der Waals surface area contributed by atoms with E-state index in [-0.39, 0.29) is 12.1 Å². The van der Waals surface area contributed by atoms with Gasteiger partial charge in [0, 0.05) is 6.54 Å². The number of hydrogen-bond acceptors (Lipinski definition) is 3. The Morgan fingerprint density at radius 2 is 1.90 bits per heavy atom. The van der Waals surface area contributed by atoms with E-state index < -0.39 is 5.60 Å². The maximum absolute atomic E-state index is 12.3. The van der Waals surface area contributed by atoms with E-state index in [0.717, 1.165) is 38.4 Å². The third kappa shape index (κ3) is 5.14. The van der Waals surface area contributed by atoms with Crippen molar-refractivity contribution in [3.05, 3.63) is 0 Å². The van der Waals surface area contributed by atoms with Gasteiger partial charge in [-0.1, -0.05) is 26.2 Å². The molecule has 20 heavy (non-hydrogen) atoms. The van der Waals surface area contributed by atoms with Gasteiger partial charge in [0.25, 0.3) is 0 Å². The fourth-order valence-electron chi connectivity index (χ4n) is 2.84. The third-order valence-corrected chi connectivity index (χ3v) is 3.72. The Hall–Kier alpha value is -1.06. The Balaban J connectivity index is 2.79. The molecule has 0 heterocycles. The molecule has 1 saturated carbocycles. The summed E-state index contributed by atoms with van der Waals surface area (Å²) in [5, 5.41) is 0. The molecule has 0 spiro atoms. The molecule has 4 nitrogen and oxygen atoms in total. The lowest BCUT2D eigenvalue weighted by atomic mass is 9.84. The Labute approximate surface area is 122 Å². The zero-order valence-electron chi connectivity index (χ0n) is 13.4. The summed E-state index contributed by atoms with van der Waals surface area (Å²) in [5.41, 5.74) is -0.525. The summed E-state index contributed by atoms with van der Waals surface area (Å²) in [6.07, 6.45) is 7.03. The minimum atomic E-state index is -0.525. The van der Waals surface area contributed by atoms with Crippen LogP contribution in [0.2, 0.25) is 0 Å². The fourth-order valence-corrected chi connectivity index (χ4v) is 2.84. The van der Waals surface area contributed by atoms with Crippen molar-refractivity contribution in [2.75, 3.05) is 6.54 Å². The molecule has 0 bridgehead atoms. The largest absolute Gasteiger partial charge is 0.444 e. The number of hydrogen-bond donors (Lipinski definition) is 0. The Kier molecular flexibility index (Phi) is 6.50. The topological polar surface area (TPSA) is 46.6 Å². The lowest BCUT2D eigenvalue weighted by molar-refractivity contribution is -0.114. The molecular weight excluding hydrogens is 254 g/mol. The summed E-state index contributed by atoms with van der Waals surface area (Å²) >= 11 is 0. The van der Waals surface area contributed by atoms with Crippen molar-refractivity contribution in [2.24, 2.45) is 5.92 Å². The van der Waals surface area contributed by atoms with Gasteiger partial charge in [0.1, 0.15) is 11.9 Å². The quantitative estimate of drug-likeness (QED) is 0.721. The van der Waals surface area contributed by atoms with Gasteiger partial charge in [-0.2, -0.15) is 0 Å². The van der Waals surface area contributed by atoms with Crippen molar-refractivity contribution < 1.29 is 14.3 Å². The molecule has 0 saturated heterocycles. The molecule has 0 aromatic rings. The standard InChI is InChI=1S/C16H29NO3/c1-5-11-17(15(19)20-16(2,3)4)14(12-18)13-9-7-6-8-10-13/h12-14H,5-11H2,1-4H3. The molecule has 1 rings (SSSR count). The van der Waals surface area contributed by atoms with E-state index in [2.05, 4.69) is 0 Å². The molecular formula is C16H29NO3. The molecule has 116 valence electrons. The molecule has 0 aromatic carbocycles. The minimum Gasteiger partial charge on any atom is -0.444 e. The number of amides is 1. The molecule has 0 aliphatic heterocycles. The highest BCUT2D eigenvalue weighted by atomic mass is 16.6. The summed E-state index contributed by atoms with van der Waals surface area (Å²) < 4.78 is 5.45. The number of carbonyl (C=O) groups is 2. The normalized spacial score (nSPS) is 18.4. The minimum absolute atomic E-state index is 0.292. The van der Waals surface area contributed by atoms with Crippen molar-refractivity contribution in [1.82, 2.24) is 4.90 Å². The van der Waals surface area contributed by atoms with Gasteiger partial charge in [0.05, 0.1) is 6.04 Å². The highest BCUT2D eigenvalue weighted by Crippen LogP contribution is 2.29. The zero-order valence-corrected chi connectivity index (χ0v) is 13.4. The van der Waals surface area contributed by atoms with E-state index in [9.17, 15) is 9.59 Å². The Bertz CT molecular complexity index is 316. The van der Waals surface area contributed by atoms with Crippen molar-refractivity contribution >= 4 is 12.4 Å². The van der Waals surface area contributed by atoms with Gasteiger partial charge in [-0.25, -0.2) is 4.79 Å². The van der Waals surface area contributed by atoms with Crippen LogP contribution in [0.1, 0.15) is 66.2 Å². The molecule has 4 heteroatoms. The van der Waals surface area contributed by atoms with Crippen LogP contribution < -0.4 is 0 Å². The fraction of sp³-hybridized carbons (Fsp3) is 0.875. The van der Waals surface area contributed by atoms with E-state index in [0.29, 0.717) is 12.5 Å². The molecule has 1 fully saturated rings. The van der Waals surface area contributed by atoms with Gasteiger partial charge in [0.15, 0.2) is 0 Å². The van der Waals surface area contributed by atoms with Crippen LogP contribution in [0.4, 0.5) is 4.79 Å². The molecule has 1 amide bonds. The van der Waals surface area contributed by atoms with Crippen LogP contribution in [0.15, 0.2) is 0 Å². The highest BCUT2D eigenvalue weighted by molar-refractivity contribution is 5.74. The molecule has 0 aromatic heterocycles. The molecule has 0 N–H and O–H groups in total. The third-order valence-electron chi connectivity index (χ3n) is 3.72. The number of nitrogens with zero attached hydrogens (tertiary/aromatic N) is 1. The summed E-state index contributed by atoms with van der Waals surface area (Å²) in [4.78, 5) is 25.5. The number of aldehydes is 1. The summed E-state index contributed by atoms with van der Waals surface area (Å²) in [5.74, 6) is 0.292. The average Bonchev–Trinajstić information content (AvgIpc) is 2.38. The van der Waals surface area contributed by atoms with E-state index in [1.54, 1.807) is 4.90 Å². The van der Waals surface area contributed by atoms with E-state index in [4.69, 9.17) is 4.74 Å². The van der Waals surface area contributed by atoms with E-state index in [1.165, 1.54) is 6.42 Å². The van der Waals surface area contributed by atoms with Crippen molar-refractivity contribution in [3.8, 4) is 0 Å². The Morgan fingerprint density at radius 3 is 2.35 bits per heavy atom. The van der Waals surface area contributed by atoms with Crippen molar-refractivity contribution in [3.63, 3.8) is 0 Å². The molecule has 0 radical (unpaired) electrons. The smallest absolute Gasteiger partial charge is 0.410 e. The molecule has 1 aliphatic rings. The van der Waals surface area contributed by atoms with Crippen LogP contribution in [-0.2, 0) is 9.53 Å². The molecule has 1 unspecified atom stereocenters. The second-order valence-electron chi connectivity index (χ2n) is 6.70. The van der Waals surface area contributed by atoms with Crippen LogP contribution in [0, 0.1) is 5.92 Å². The molecule has 1 atom stereocenters. The van der Waals surface area contributed by atoms with Crippen molar-refractivity contribution in [2.45, 2.75) is 77.9 Å². The first-order valence-corrected chi connectivity index (χ1v) is 7.84. The molecule has 1 aliphatic carbocycles. The SMILES string of the molecule is CCCN(C(=O)OC(C)(C)C)C(C=O)C1CCCCC1. The first-order chi connectivity index (χ1) is 9.39. The van der Waals surface area contributed by atoms with E-state index >= 15 is 0 Å². The average molecular weight is 283 g/mol. The van der Waals surface area contributed by atoms with Crippen LogP contribution in [-0.4, -0.2) is 35.5 Å². The summed E-state index contributed by atoms with van der Waals surface area (Å²) in [6.45, 7) is 8.15. The maximum atomic E-state index is 12.3. The van der Waals surface area contributed by atoms with Crippen molar-refractivity contribution in [1.29, 1.82) is 0 Å². The lowest BCUT2D eigenvalue weighted by Gasteiger charge is -2.36. The van der Waals surface area contributed by atoms with Gasteiger partial charge >= 0.3 is 6.09 Å². The first-order valence-electron chi connectivity index (χ1n) is 7.84. The van der Waals surface area contributed by atoms with Crippen LogP contribution in [0.3, 0.4) is 0 Å². The summed E-state index contributed by atoms with van der Waals surface area (Å²) in [6, 6.07) is -0.329. The number of rotatable bonds is 5. The van der Waals surface area contributed by atoms with Gasteiger partial charge in [-0.05, 0) is 46.0 Å². The highest BCUT2D eigenvalue weighted by Gasteiger charge is 2.33. The first kappa shape index (κ1) is 17.0. The monoisotopic (exact) mass is 283 g/mol. The van der Waals surface area contributed by atoms with Gasteiger partial charge in [0.2, 0.25) is 0 Å². The van der Waals surface area contributed by atoms with Crippen LogP contribution >= 0.6 is 0 Å². The second kappa shape index (κ2) is 7.65. The predicted octanol–water partition coefficient (Wildman–Crippen LogP) is 3.78. The number of carbonyl (C=O) groups excluding carboxylic acids is 2. The van der Waals surface area contributed by atoms with Crippen LogP contribution in [0.25, 0.3) is 0 Å². The van der Waals surface area contributed by atoms with E-state index in [1.807, 2.05) is 27.7 Å². The zero-order chi connectivity index (χ0) is 15.2. The Morgan fingerprint density at radius 1 is 1.30 bits per heavy atom. The van der Waals surface area contributed by atoms with Gasteiger partial charge in [-0.3, -0.25) is 4.90 Å². The maximum Gasteiger partial charge on any atom is 0.410 e. The predicted molar refractivity (Wildman–Crippen MR) is 79.7 cm³/mol. The number of ether oxygens (including phenoxy) is 1. The van der Waals surface area contributed by atoms with Gasteiger partial charge < -0.3 is 9.53 Å². The van der Waals surface area contributed by atoms with Crippen LogP contribution in [0.5, 0.6) is 0 Å². The summed E-state index contributed by atoms with van der Waals surface area (Å²) in [7, 11) is 0.